The van der Waals surface area contributed by atoms with Crippen molar-refractivity contribution in [2.45, 2.75) is 26.4 Å². The van der Waals surface area contributed by atoms with Gasteiger partial charge in [-0.15, -0.1) is 0 Å². The first-order valence-electron chi connectivity index (χ1n) is 8.43. The first kappa shape index (κ1) is 17.4. The molecule has 134 valence electrons. The number of methoxy groups -OCH3 is 1. The number of phenols is 1. The Morgan fingerprint density at radius 2 is 1.84 bits per heavy atom. The maximum absolute atomic E-state index is 10.7. The number of ether oxygens (including phenoxy) is 3. The van der Waals surface area contributed by atoms with Crippen LogP contribution in [-0.4, -0.2) is 24.1 Å². The summed E-state index contributed by atoms with van der Waals surface area (Å²) in [7, 11) is 1.50. The molecule has 2 N–H and O–H groups in total. The van der Waals surface area contributed by atoms with Gasteiger partial charge in [-0.05, 0) is 53.6 Å². The van der Waals surface area contributed by atoms with E-state index in [-0.39, 0.29) is 24.4 Å². The Morgan fingerprint density at radius 3 is 2.60 bits per heavy atom. The van der Waals surface area contributed by atoms with Crippen LogP contribution in [0.25, 0.3) is 0 Å². The SMILES string of the molecule is COc1cc([C@@H](O)[C@@H](C)[C@@H](C)Cc2ccc3c(c2)OCO3)ccc1O. The van der Waals surface area contributed by atoms with E-state index < -0.39 is 6.10 Å². The number of hydrogen-bond donors (Lipinski definition) is 2. The monoisotopic (exact) mass is 344 g/mol. The van der Waals surface area contributed by atoms with Crippen LogP contribution in [0.15, 0.2) is 36.4 Å². The normalized spacial score (nSPS) is 16.3. The van der Waals surface area contributed by atoms with Crippen molar-refractivity contribution in [3.05, 3.63) is 47.5 Å². The lowest BCUT2D eigenvalue weighted by molar-refractivity contribution is 0.0869. The van der Waals surface area contributed by atoms with Gasteiger partial charge in [0.05, 0.1) is 13.2 Å². The Hall–Kier alpha value is -2.40. The highest BCUT2D eigenvalue weighted by molar-refractivity contribution is 5.45. The zero-order valence-corrected chi connectivity index (χ0v) is 14.7. The molecule has 5 heteroatoms. The number of aliphatic hydroxyl groups excluding tert-OH is 1. The maximum Gasteiger partial charge on any atom is 0.231 e. The summed E-state index contributed by atoms with van der Waals surface area (Å²) in [6.45, 7) is 4.42. The molecule has 1 aliphatic heterocycles. The van der Waals surface area contributed by atoms with Gasteiger partial charge in [0.15, 0.2) is 23.0 Å². The largest absolute Gasteiger partial charge is 0.504 e. The minimum Gasteiger partial charge on any atom is -0.504 e. The second-order valence-corrected chi connectivity index (χ2v) is 6.60. The quantitative estimate of drug-likeness (QED) is 0.837. The molecule has 3 atom stereocenters. The molecule has 0 spiro atoms. The Labute approximate surface area is 147 Å². The molecule has 0 saturated heterocycles. The van der Waals surface area contributed by atoms with Gasteiger partial charge in [0, 0.05) is 0 Å². The van der Waals surface area contributed by atoms with Crippen LogP contribution in [0, 0.1) is 11.8 Å². The number of benzene rings is 2. The Balaban J connectivity index is 1.70. The number of aromatic hydroxyl groups is 1. The lowest BCUT2D eigenvalue weighted by Gasteiger charge is -2.26. The van der Waals surface area contributed by atoms with E-state index >= 15 is 0 Å². The molecule has 0 aliphatic carbocycles. The fourth-order valence-electron chi connectivity index (χ4n) is 3.12. The predicted molar refractivity (Wildman–Crippen MR) is 94.2 cm³/mol. The number of phenolic OH excluding ortho intramolecular Hbond substituents is 1. The Kier molecular flexibility index (Phi) is 5.04. The predicted octanol–water partition coefficient (Wildman–Crippen LogP) is 3.68. The molecule has 25 heavy (non-hydrogen) atoms. The summed E-state index contributed by atoms with van der Waals surface area (Å²) < 4.78 is 15.9. The Morgan fingerprint density at radius 1 is 1.08 bits per heavy atom. The zero-order valence-electron chi connectivity index (χ0n) is 14.7. The summed E-state index contributed by atoms with van der Waals surface area (Å²) in [5, 5.41) is 20.4. The van der Waals surface area contributed by atoms with Crippen LogP contribution >= 0.6 is 0 Å². The van der Waals surface area contributed by atoms with Crippen molar-refractivity contribution >= 4 is 0 Å². The summed E-state index contributed by atoms with van der Waals surface area (Å²) in [5.41, 5.74) is 1.89. The van der Waals surface area contributed by atoms with Crippen LogP contribution in [0.3, 0.4) is 0 Å². The summed E-state index contributed by atoms with van der Waals surface area (Å²) in [6, 6.07) is 10.9. The van der Waals surface area contributed by atoms with E-state index in [0.717, 1.165) is 29.0 Å². The third-order valence-electron chi connectivity index (χ3n) is 4.94. The number of aliphatic hydroxyl groups is 1. The van der Waals surface area contributed by atoms with Crippen molar-refractivity contribution < 1.29 is 24.4 Å². The van der Waals surface area contributed by atoms with Gasteiger partial charge in [0.1, 0.15) is 0 Å². The lowest BCUT2D eigenvalue weighted by Crippen LogP contribution is -2.19. The lowest BCUT2D eigenvalue weighted by atomic mass is 9.83. The fraction of sp³-hybridized carbons (Fsp3) is 0.400. The van der Waals surface area contributed by atoms with Crippen LogP contribution in [0.2, 0.25) is 0 Å². The molecule has 0 bridgehead atoms. The van der Waals surface area contributed by atoms with Gasteiger partial charge in [0.2, 0.25) is 6.79 Å². The topological polar surface area (TPSA) is 68.2 Å². The molecule has 0 fully saturated rings. The molecule has 2 aromatic rings. The Bertz CT molecular complexity index is 743. The molecule has 3 rings (SSSR count). The first-order valence-corrected chi connectivity index (χ1v) is 8.43. The van der Waals surface area contributed by atoms with Gasteiger partial charge in [-0.2, -0.15) is 0 Å². The van der Waals surface area contributed by atoms with Crippen LogP contribution < -0.4 is 14.2 Å². The summed E-state index contributed by atoms with van der Waals surface area (Å²) in [5.74, 6) is 2.27. The highest BCUT2D eigenvalue weighted by atomic mass is 16.7. The molecule has 0 aromatic heterocycles. The minimum absolute atomic E-state index is 0.0275. The van der Waals surface area contributed by atoms with Gasteiger partial charge in [-0.3, -0.25) is 0 Å². The molecule has 0 amide bonds. The molecule has 0 saturated carbocycles. The maximum atomic E-state index is 10.7. The van der Waals surface area contributed by atoms with Crippen molar-refractivity contribution in [1.82, 2.24) is 0 Å². The van der Waals surface area contributed by atoms with Crippen molar-refractivity contribution in [2.24, 2.45) is 11.8 Å². The van der Waals surface area contributed by atoms with Crippen molar-refractivity contribution in [3.63, 3.8) is 0 Å². The fourth-order valence-corrected chi connectivity index (χ4v) is 3.12. The van der Waals surface area contributed by atoms with Crippen LogP contribution in [0.1, 0.15) is 31.1 Å². The first-order chi connectivity index (χ1) is 12.0. The molecular formula is C20H24O5. The average molecular weight is 344 g/mol. The van der Waals surface area contributed by atoms with E-state index in [1.165, 1.54) is 7.11 Å². The van der Waals surface area contributed by atoms with Gasteiger partial charge < -0.3 is 24.4 Å². The summed E-state index contributed by atoms with van der Waals surface area (Å²) in [6.07, 6.45) is 0.183. The molecule has 0 unspecified atom stereocenters. The summed E-state index contributed by atoms with van der Waals surface area (Å²) >= 11 is 0. The van der Waals surface area contributed by atoms with Crippen LogP contribution in [-0.2, 0) is 6.42 Å². The van der Waals surface area contributed by atoms with Crippen molar-refractivity contribution in [1.29, 1.82) is 0 Å². The minimum atomic E-state index is -0.640. The highest BCUT2D eigenvalue weighted by Crippen LogP contribution is 2.36. The van der Waals surface area contributed by atoms with Gasteiger partial charge in [0.25, 0.3) is 0 Å². The third-order valence-corrected chi connectivity index (χ3v) is 4.94. The molecule has 2 aromatic carbocycles. The van der Waals surface area contributed by atoms with E-state index in [1.807, 2.05) is 25.1 Å². The van der Waals surface area contributed by atoms with Crippen molar-refractivity contribution in [3.8, 4) is 23.0 Å². The number of fused-ring (bicyclic) bond motifs is 1. The van der Waals surface area contributed by atoms with E-state index in [0.29, 0.717) is 5.75 Å². The van der Waals surface area contributed by atoms with Crippen molar-refractivity contribution in [2.75, 3.05) is 13.9 Å². The van der Waals surface area contributed by atoms with Crippen LogP contribution in [0.4, 0.5) is 0 Å². The van der Waals surface area contributed by atoms with Gasteiger partial charge in [-0.1, -0.05) is 26.0 Å². The highest BCUT2D eigenvalue weighted by Gasteiger charge is 2.24. The standard InChI is InChI=1S/C20H24O5/c1-12(8-14-4-7-17-19(9-14)25-11-24-17)13(2)20(22)15-5-6-16(21)18(10-15)23-3/h4-7,9-10,12-13,20-22H,8,11H2,1-3H3/t12-,13-,20-/m0/s1. The number of rotatable bonds is 6. The molecule has 5 nitrogen and oxygen atoms in total. The smallest absolute Gasteiger partial charge is 0.231 e. The molecule has 1 aliphatic rings. The third kappa shape index (κ3) is 3.66. The second kappa shape index (κ2) is 7.23. The second-order valence-electron chi connectivity index (χ2n) is 6.60. The van der Waals surface area contributed by atoms with Gasteiger partial charge >= 0.3 is 0 Å². The molecule has 0 radical (unpaired) electrons. The zero-order chi connectivity index (χ0) is 18.0. The van der Waals surface area contributed by atoms with Gasteiger partial charge in [-0.25, -0.2) is 0 Å². The van der Waals surface area contributed by atoms with E-state index in [9.17, 15) is 10.2 Å². The molecule has 1 heterocycles. The van der Waals surface area contributed by atoms with E-state index in [4.69, 9.17) is 14.2 Å². The molecular weight excluding hydrogens is 320 g/mol. The number of hydrogen-bond acceptors (Lipinski definition) is 5. The summed E-state index contributed by atoms with van der Waals surface area (Å²) in [4.78, 5) is 0. The van der Waals surface area contributed by atoms with Crippen LogP contribution in [0.5, 0.6) is 23.0 Å². The van der Waals surface area contributed by atoms with E-state index in [2.05, 4.69) is 6.92 Å². The van der Waals surface area contributed by atoms with E-state index in [1.54, 1.807) is 18.2 Å². The average Bonchev–Trinajstić information content (AvgIpc) is 3.08.